The van der Waals surface area contributed by atoms with Crippen molar-refractivity contribution in [3.8, 4) is 0 Å². The molecule has 3 rings (SSSR count). The monoisotopic (exact) mass is 565 g/mol. The first-order valence-corrected chi connectivity index (χ1v) is 15.0. The number of carbonyl (C=O) groups excluding carboxylic acids is 2. The topological polar surface area (TPSA) is 114 Å². The zero-order valence-corrected chi connectivity index (χ0v) is 25.6. The minimum absolute atomic E-state index is 0.156. The first kappa shape index (κ1) is 32.7. The van der Waals surface area contributed by atoms with E-state index in [-0.39, 0.29) is 23.5 Å². The van der Waals surface area contributed by atoms with E-state index in [2.05, 4.69) is 60.5 Å². The molecule has 10 heteroatoms. The van der Waals surface area contributed by atoms with Gasteiger partial charge in [-0.25, -0.2) is 4.98 Å². The van der Waals surface area contributed by atoms with Gasteiger partial charge in [-0.3, -0.25) is 14.6 Å². The van der Waals surface area contributed by atoms with Gasteiger partial charge in [0.05, 0.1) is 23.3 Å². The van der Waals surface area contributed by atoms with Crippen LogP contribution in [0.25, 0.3) is 0 Å². The molecule has 2 unspecified atom stereocenters. The van der Waals surface area contributed by atoms with Crippen LogP contribution in [0.1, 0.15) is 89.2 Å². The number of hydrogen-bond donors (Lipinski definition) is 3. The first-order valence-electron chi connectivity index (χ1n) is 15.0. The van der Waals surface area contributed by atoms with Gasteiger partial charge in [-0.05, 0) is 65.1 Å². The molecule has 0 spiro atoms. The van der Waals surface area contributed by atoms with Gasteiger partial charge in [0.15, 0.2) is 0 Å². The molecule has 2 heterocycles. The van der Waals surface area contributed by atoms with Crippen molar-refractivity contribution in [1.82, 2.24) is 25.9 Å². The standard InChI is InChI=1S/C31H48BN5O4/c1-23(2)20-27(32-40-30(3,4)31(5,41-32)16-12-7-8-13-17-33-6)37-28(38)25(21-24-14-10-9-11-15-24)36-29(39)26-22-34-18-19-35-26/h9-11,14-15,18-19,22-23,25,27,33H,7-8,12-13,16-17,20-21H2,1-6H3,(H,36,39)(H,37,38)/t25?,27-,31?/m0/s1. The minimum Gasteiger partial charge on any atom is -0.402 e. The Morgan fingerprint density at radius 2 is 1.71 bits per heavy atom. The number of carbonyl (C=O) groups is 2. The third-order valence-corrected chi connectivity index (χ3v) is 7.97. The smallest absolute Gasteiger partial charge is 0.402 e. The van der Waals surface area contributed by atoms with Gasteiger partial charge in [0.1, 0.15) is 11.7 Å². The van der Waals surface area contributed by atoms with Gasteiger partial charge in [-0.1, -0.05) is 63.4 Å². The maximum atomic E-state index is 13.8. The van der Waals surface area contributed by atoms with Crippen molar-refractivity contribution in [3.63, 3.8) is 0 Å². The van der Waals surface area contributed by atoms with Gasteiger partial charge >= 0.3 is 7.12 Å². The maximum absolute atomic E-state index is 13.8. The highest BCUT2D eigenvalue weighted by atomic mass is 16.7. The largest absolute Gasteiger partial charge is 0.481 e. The Hall–Kier alpha value is -2.82. The van der Waals surface area contributed by atoms with Gasteiger partial charge in [0.25, 0.3) is 5.91 Å². The fourth-order valence-corrected chi connectivity index (χ4v) is 5.22. The summed E-state index contributed by atoms with van der Waals surface area (Å²) >= 11 is 0. The lowest BCUT2D eigenvalue weighted by molar-refractivity contribution is -0.123. The molecule has 1 aliphatic rings. The summed E-state index contributed by atoms with van der Waals surface area (Å²) in [5, 5.41) is 9.26. The number of hydrogen-bond acceptors (Lipinski definition) is 7. The van der Waals surface area contributed by atoms with E-state index in [1.54, 1.807) is 0 Å². The van der Waals surface area contributed by atoms with Crippen molar-refractivity contribution in [2.45, 2.75) is 103 Å². The Kier molecular flexibility index (Phi) is 12.3. The van der Waals surface area contributed by atoms with Crippen LogP contribution in [0.3, 0.4) is 0 Å². The molecule has 0 aliphatic carbocycles. The summed E-state index contributed by atoms with van der Waals surface area (Å²) in [5.74, 6) is -0.839. The van der Waals surface area contributed by atoms with Gasteiger partial charge in [-0.15, -0.1) is 0 Å². The third-order valence-electron chi connectivity index (χ3n) is 7.97. The van der Waals surface area contributed by atoms with Crippen LogP contribution in [0, 0.1) is 5.92 Å². The summed E-state index contributed by atoms with van der Waals surface area (Å²) in [5.41, 5.74) is 0.0866. The summed E-state index contributed by atoms with van der Waals surface area (Å²) in [6.45, 7) is 11.5. The van der Waals surface area contributed by atoms with E-state index in [1.807, 2.05) is 37.4 Å². The Morgan fingerprint density at radius 3 is 2.37 bits per heavy atom. The third kappa shape index (κ3) is 9.62. The lowest BCUT2D eigenvalue weighted by atomic mass is 9.73. The lowest BCUT2D eigenvalue weighted by Crippen LogP contribution is -2.55. The van der Waals surface area contributed by atoms with Crippen LogP contribution >= 0.6 is 0 Å². The summed E-state index contributed by atoms with van der Waals surface area (Å²) in [4.78, 5) is 34.9. The zero-order valence-electron chi connectivity index (χ0n) is 25.6. The normalized spacial score (nSPS) is 19.6. The number of nitrogens with zero attached hydrogens (tertiary/aromatic N) is 2. The van der Waals surface area contributed by atoms with E-state index in [0.29, 0.717) is 12.8 Å². The molecule has 1 fully saturated rings. The molecular weight excluding hydrogens is 517 g/mol. The van der Waals surface area contributed by atoms with E-state index in [1.165, 1.54) is 25.0 Å². The van der Waals surface area contributed by atoms with Gasteiger partial charge in [-0.2, -0.15) is 0 Å². The van der Waals surface area contributed by atoms with Crippen LogP contribution in [-0.4, -0.2) is 65.7 Å². The molecule has 0 bridgehead atoms. The molecule has 3 N–H and O–H groups in total. The first-order chi connectivity index (χ1) is 19.5. The SMILES string of the molecule is CNCCCCCCC1(C)OB([C@H](CC(C)C)NC(=O)C(Cc2ccccc2)NC(=O)c2cnccn2)OC1(C)C. The average molecular weight is 566 g/mol. The highest BCUT2D eigenvalue weighted by Gasteiger charge is 2.56. The molecule has 1 saturated heterocycles. The second kappa shape index (κ2) is 15.4. The van der Waals surface area contributed by atoms with Crippen LogP contribution < -0.4 is 16.0 Å². The second-order valence-corrected chi connectivity index (χ2v) is 12.2. The molecule has 41 heavy (non-hydrogen) atoms. The fraction of sp³-hybridized carbons (Fsp3) is 0.613. The van der Waals surface area contributed by atoms with Gasteiger partial charge < -0.3 is 25.3 Å². The molecule has 1 aromatic carbocycles. The number of benzene rings is 1. The highest BCUT2D eigenvalue weighted by Crippen LogP contribution is 2.42. The molecule has 9 nitrogen and oxygen atoms in total. The van der Waals surface area contributed by atoms with Crippen LogP contribution in [0.2, 0.25) is 0 Å². The Balaban J connectivity index is 1.74. The van der Waals surface area contributed by atoms with Crippen LogP contribution in [0.5, 0.6) is 0 Å². The Morgan fingerprint density at radius 1 is 0.976 bits per heavy atom. The molecular formula is C31H48BN5O4. The van der Waals surface area contributed by atoms with Gasteiger partial charge in [0.2, 0.25) is 5.91 Å². The van der Waals surface area contributed by atoms with Crippen molar-refractivity contribution in [2.75, 3.05) is 13.6 Å². The van der Waals surface area contributed by atoms with Crippen molar-refractivity contribution in [3.05, 3.63) is 60.2 Å². The van der Waals surface area contributed by atoms with Crippen molar-refractivity contribution in [1.29, 1.82) is 0 Å². The number of amides is 2. The van der Waals surface area contributed by atoms with Crippen LogP contribution in [0.15, 0.2) is 48.9 Å². The zero-order chi connectivity index (χ0) is 29.9. The molecule has 3 atom stereocenters. The number of aromatic nitrogens is 2. The van der Waals surface area contributed by atoms with Crippen LogP contribution in [-0.2, 0) is 20.5 Å². The minimum atomic E-state index is -0.819. The maximum Gasteiger partial charge on any atom is 0.481 e. The number of rotatable bonds is 16. The van der Waals surface area contributed by atoms with E-state index < -0.39 is 30.3 Å². The lowest BCUT2D eigenvalue weighted by Gasteiger charge is -2.36. The molecule has 2 amide bonds. The average Bonchev–Trinajstić information content (AvgIpc) is 3.18. The van der Waals surface area contributed by atoms with Crippen molar-refractivity contribution in [2.24, 2.45) is 5.92 Å². The van der Waals surface area contributed by atoms with E-state index >= 15 is 0 Å². The van der Waals surface area contributed by atoms with E-state index in [9.17, 15) is 9.59 Å². The molecule has 0 saturated carbocycles. The molecule has 1 aliphatic heterocycles. The van der Waals surface area contributed by atoms with Crippen LogP contribution in [0.4, 0.5) is 0 Å². The quantitative estimate of drug-likeness (QED) is 0.207. The summed E-state index contributed by atoms with van der Waals surface area (Å²) in [6, 6.07) is 8.82. The van der Waals surface area contributed by atoms with E-state index in [0.717, 1.165) is 37.8 Å². The van der Waals surface area contributed by atoms with Crippen molar-refractivity contribution >= 4 is 18.9 Å². The summed E-state index contributed by atoms with van der Waals surface area (Å²) in [7, 11) is 1.38. The van der Waals surface area contributed by atoms with E-state index in [4.69, 9.17) is 9.31 Å². The fourth-order valence-electron chi connectivity index (χ4n) is 5.22. The highest BCUT2D eigenvalue weighted by molar-refractivity contribution is 6.48. The number of nitrogens with one attached hydrogen (secondary N) is 3. The Labute approximate surface area is 246 Å². The predicted octanol–water partition coefficient (Wildman–Crippen LogP) is 4.13. The molecule has 224 valence electrons. The second-order valence-electron chi connectivity index (χ2n) is 12.2. The van der Waals surface area contributed by atoms with Gasteiger partial charge in [0, 0.05) is 18.8 Å². The molecule has 0 radical (unpaired) electrons. The summed E-state index contributed by atoms with van der Waals surface area (Å²) < 4.78 is 13.2. The molecule has 2 aromatic rings. The van der Waals surface area contributed by atoms with Crippen molar-refractivity contribution < 1.29 is 18.9 Å². The number of unbranched alkanes of at least 4 members (excludes halogenated alkanes) is 3. The molecule has 1 aromatic heterocycles. The summed E-state index contributed by atoms with van der Waals surface area (Å²) in [6.07, 6.45) is 10.8. The predicted molar refractivity (Wildman–Crippen MR) is 162 cm³/mol. The Bertz CT molecular complexity index is 1090.